The van der Waals surface area contributed by atoms with E-state index in [9.17, 15) is 4.79 Å². The lowest BCUT2D eigenvalue weighted by atomic mass is 9.82. The van der Waals surface area contributed by atoms with Gasteiger partial charge in [-0.25, -0.2) is 0 Å². The van der Waals surface area contributed by atoms with Gasteiger partial charge in [-0.1, -0.05) is 36.4 Å². The zero-order valence-electron chi connectivity index (χ0n) is 16.8. The molecule has 4 rings (SSSR count). The number of ether oxygens (including phenoxy) is 1. The second-order valence-corrected chi connectivity index (χ2v) is 9.07. The van der Waals surface area contributed by atoms with Crippen LogP contribution in [0.5, 0.6) is 0 Å². The van der Waals surface area contributed by atoms with Crippen molar-refractivity contribution in [2.75, 3.05) is 0 Å². The smallest absolute Gasteiger partial charge is 0.306 e. The first kappa shape index (κ1) is 18.7. The van der Waals surface area contributed by atoms with E-state index in [0.29, 0.717) is 30.5 Å². The third-order valence-electron chi connectivity index (χ3n) is 6.95. The van der Waals surface area contributed by atoms with Gasteiger partial charge in [0, 0.05) is 25.7 Å². The predicted octanol–water partition coefficient (Wildman–Crippen LogP) is 3.79. The molecule has 1 N–H and O–H groups in total. The van der Waals surface area contributed by atoms with E-state index in [1.807, 2.05) is 0 Å². The highest BCUT2D eigenvalue weighted by atomic mass is 16.5. The minimum Gasteiger partial charge on any atom is -0.462 e. The molecule has 0 spiro atoms. The summed E-state index contributed by atoms with van der Waals surface area (Å²) in [5.41, 5.74) is 2.61. The minimum absolute atomic E-state index is 0.0149. The van der Waals surface area contributed by atoms with Gasteiger partial charge in [0.15, 0.2) is 0 Å². The standard InChI is InChI=1S/C24H33NO2/c1-17(2)25-20-12-13-21(25)16-22(15-20)27-24(26)14-19-10-6-7-11-23(19)18-8-4-3-5-9-18/h3-5,8-9,11,17,19-22H,6-7,10,12-16H2,1-2H3/p+1/t19?,20-,21+,22?. The van der Waals surface area contributed by atoms with E-state index in [0.717, 1.165) is 25.7 Å². The molecule has 2 bridgehead atoms. The third kappa shape index (κ3) is 4.13. The first-order chi connectivity index (χ1) is 13.1. The summed E-state index contributed by atoms with van der Waals surface area (Å²) in [6, 6.07) is 12.6. The lowest BCUT2D eigenvalue weighted by Gasteiger charge is -2.38. The molecule has 0 radical (unpaired) electrons. The van der Waals surface area contributed by atoms with Crippen molar-refractivity contribution in [3.05, 3.63) is 42.0 Å². The molecule has 0 aromatic heterocycles. The Morgan fingerprint density at radius 1 is 1.11 bits per heavy atom. The van der Waals surface area contributed by atoms with Gasteiger partial charge in [-0.2, -0.15) is 0 Å². The number of rotatable bonds is 5. The molecule has 0 amide bonds. The van der Waals surface area contributed by atoms with Crippen LogP contribution in [0.4, 0.5) is 0 Å². The maximum atomic E-state index is 12.7. The van der Waals surface area contributed by atoms with Crippen LogP contribution >= 0.6 is 0 Å². The Morgan fingerprint density at radius 2 is 1.81 bits per heavy atom. The van der Waals surface area contributed by atoms with E-state index in [4.69, 9.17) is 4.74 Å². The first-order valence-electron chi connectivity index (χ1n) is 10.9. The van der Waals surface area contributed by atoms with Crippen LogP contribution in [0.15, 0.2) is 36.4 Å². The highest BCUT2D eigenvalue weighted by Gasteiger charge is 2.46. The number of carbonyl (C=O) groups is 1. The Bertz CT molecular complexity index is 667. The van der Waals surface area contributed by atoms with Crippen LogP contribution in [0.3, 0.4) is 0 Å². The van der Waals surface area contributed by atoms with Crippen molar-refractivity contribution < 1.29 is 14.4 Å². The fourth-order valence-corrected chi connectivity index (χ4v) is 5.92. The molecule has 2 saturated heterocycles. The number of hydrogen-bond acceptors (Lipinski definition) is 2. The maximum absolute atomic E-state index is 12.7. The van der Waals surface area contributed by atoms with Gasteiger partial charge in [-0.15, -0.1) is 0 Å². The van der Waals surface area contributed by atoms with Crippen molar-refractivity contribution in [3.8, 4) is 0 Å². The number of allylic oxidation sites excluding steroid dienone is 2. The quantitative estimate of drug-likeness (QED) is 0.802. The second-order valence-electron chi connectivity index (χ2n) is 9.07. The molecule has 1 aliphatic carbocycles. The summed E-state index contributed by atoms with van der Waals surface area (Å²) in [5.74, 6) is 0.327. The molecule has 0 saturated carbocycles. The number of benzene rings is 1. The molecule has 1 aromatic rings. The third-order valence-corrected chi connectivity index (χ3v) is 6.95. The maximum Gasteiger partial charge on any atom is 0.306 e. The Hall–Kier alpha value is -1.61. The van der Waals surface area contributed by atoms with Crippen LogP contribution in [-0.2, 0) is 9.53 Å². The molecule has 3 nitrogen and oxygen atoms in total. The van der Waals surface area contributed by atoms with Crippen molar-refractivity contribution in [1.82, 2.24) is 0 Å². The summed E-state index contributed by atoms with van der Waals surface area (Å²) < 4.78 is 6.01. The molecule has 1 aromatic carbocycles. The van der Waals surface area contributed by atoms with Gasteiger partial charge in [0.1, 0.15) is 6.10 Å². The molecule has 3 heteroatoms. The van der Waals surface area contributed by atoms with Crippen molar-refractivity contribution in [1.29, 1.82) is 0 Å². The molecular formula is C24H34NO2+. The molecule has 2 fully saturated rings. The van der Waals surface area contributed by atoms with Gasteiger partial charge < -0.3 is 9.64 Å². The van der Waals surface area contributed by atoms with Crippen molar-refractivity contribution in [2.45, 2.75) is 89.4 Å². The summed E-state index contributed by atoms with van der Waals surface area (Å²) in [6.07, 6.45) is 11.1. The molecule has 5 atom stereocenters. The van der Waals surface area contributed by atoms with Gasteiger partial charge in [0.25, 0.3) is 0 Å². The van der Waals surface area contributed by atoms with Gasteiger partial charge in [-0.3, -0.25) is 4.79 Å². The molecule has 3 aliphatic rings. The molecule has 3 unspecified atom stereocenters. The number of piperidine rings is 1. The molecule has 27 heavy (non-hydrogen) atoms. The summed E-state index contributed by atoms with van der Waals surface area (Å²) in [5, 5.41) is 0. The number of quaternary nitrogens is 1. The average Bonchev–Trinajstić information content (AvgIpc) is 2.94. The van der Waals surface area contributed by atoms with E-state index < -0.39 is 0 Å². The molecular weight excluding hydrogens is 334 g/mol. The Labute approximate surface area is 163 Å². The van der Waals surface area contributed by atoms with Crippen molar-refractivity contribution in [3.63, 3.8) is 0 Å². The van der Waals surface area contributed by atoms with Crippen molar-refractivity contribution >= 4 is 11.5 Å². The monoisotopic (exact) mass is 368 g/mol. The normalized spacial score (nSPS) is 33.0. The van der Waals surface area contributed by atoms with Gasteiger partial charge in [0.2, 0.25) is 0 Å². The van der Waals surface area contributed by atoms with Gasteiger partial charge in [0.05, 0.1) is 24.5 Å². The summed E-state index contributed by atoms with van der Waals surface area (Å²) >= 11 is 0. The highest BCUT2D eigenvalue weighted by molar-refractivity contribution is 5.76. The van der Waals surface area contributed by atoms with Crippen LogP contribution in [0.2, 0.25) is 0 Å². The topological polar surface area (TPSA) is 30.7 Å². The van der Waals surface area contributed by atoms with E-state index >= 15 is 0 Å². The fourth-order valence-electron chi connectivity index (χ4n) is 5.92. The first-order valence-corrected chi connectivity index (χ1v) is 10.9. The minimum atomic E-state index is 0.0149. The number of nitrogens with one attached hydrogen (secondary N) is 1. The summed E-state index contributed by atoms with van der Waals surface area (Å²) in [6.45, 7) is 4.65. The van der Waals surface area contributed by atoms with Crippen molar-refractivity contribution in [2.24, 2.45) is 5.92 Å². The van der Waals surface area contributed by atoms with Crippen LogP contribution in [0.1, 0.15) is 70.8 Å². The number of carbonyl (C=O) groups excluding carboxylic acids is 1. The Morgan fingerprint density at radius 3 is 2.48 bits per heavy atom. The number of esters is 1. The summed E-state index contributed by atoms with van der Waals surface area (Å²) in [4.78, 5) is 14.5. The number of hydrogen-bond donors (Lipinski definition) is 1. The second kappa shape index (κ2) is 8.18. The van der Waals surface area contributed by atoms with E-state index in [2.05, 4.69) is 50.3 Å². The number of fused-ring (bicyclic) bond motifs is 2. The molecule has 2 aliphatic heterocycles. The van der Waals surface area contributed by atoms with E-state index in [1.165, 1.54) is 30.4 Å². The van der Waals surface area contributed by atoms with E-state index in [1.54, 1.807) is 4.90 Å². The zero-order valence-corrected chi connectivity index (χ0v) is 16.8. The zero-order chi connectivity index (χ0) is 18.8. The largest absolute Gasteiger partial charge is 0.462 e. The Kier molecular flexibility index (Phi) is 5.68. The highest BCUT2D eigenvalue weighted by Crippen LogP contribution is 2.35. The molecule has 146 valence electrons. The lowest BCUT2D eigenvalue weighted by molar-refractivity contribution is -0.962. The average molecular weight is 369 g/mol. The van der Waals surface area contributed by atoms with Crippen LogP contribution < -0.4 is 4.90 Å². The summed E-state index contributed by atoms with van der Waals surface area (Å²) in [7, 11) is 0. The fraction of sp³-hybridized carbons (Fsp3) is 0.625. The SMILES string of the molecule is CC(C)[NH+]1[C@@H]2CC[C@H]1CC(OC(=O)CC1CCCC=C1c1ccccc1)C2. The van der Waals surface area contributed by atoms with Crippen LogP contribution in [0.25, 0.3) is 5.57 Å². The lowest BCUT2D eigenvalue weighted by Crippen LogP contribution is -3.20. The van der Waals surface area contributed by atoms with Crippen LogP contribution in [-0.4, -0.2) is 30.2 Å². The van der Waals surface area contributed by atoms with Gasteiger partial charge >= 0.3 is 5.97 Å². The predicted molar refractivity (Wildman–Crippen MR) is 108 cm³/mol. The van der Waals surface area contributed by atoms with E-state index in [-0.39, 0.29) is 12.1 Å². The van der Waals surface area contributed by atoms with Crippen LogP contribution in [0, 0.1) is 5.92 Å². The van der Waals surface area contributed by atoms with Gasteiger partial charge in [-0.05, 0) is 50.2 Å². The molecule has 2 heterocycles. The Balaban J connectivity index is 1.36.